The smallest absolute Gasteiger partial charge is 0.264 e. The van der Waals surface area contributed by atoms with Gasteiger partial charge in [-0.15, -0.1) is 0 Å². The molecular weight excluding hydrogens is 388 g/mol. The molecule has 5 aliphatic rings. The number of hydrogen-bond acceptors (Lipinski definition) is 4. The molecule has 0 radical (unpaired) electrons. The number of aliphatic hydroxyl groups is 1. The molecule has 1 saturated heterocycles. The van der Waals surface area contributed by atoms with Crippen LogP contribution in [0.1, 0.15) is 52.4 Å². The van der Waals surface area contributed by atoms with Gasteiger partial charge in [0.1, 0.15) is 18.0 Å². The number of para-hydroxylation sites is 1. The minimum absolute atomic E-state index is 0.0207. The van der Waals surface area contributed by atoms with Crippen LogP contribution in [0.2, 0.25) is 0 Å². The molecule has 3 saturated carbocycles. The Morgan fingerprint density at radius 3 is 2.55 bits per heavy atom. The van der Waals surface area contributed by atoms with E-state index in [0.717, 1.165) is 44.3 Å². The van der Waals surface area contributed by atoms with Gasteiger partial charge < -0.3 is 14.6 Å². The molecule has 4 nitrogen and oxygen atoms in total. The summed E-state index contributed by atoms with van der Waals surface area (Å²) in [6, 6.07) is 9.75. The largest absolute Gasteiger partial charge is 0.457 e. The van der Waals surface area contributed by atoms with Gasteiger partial charge in [-0.3, -0.25) is 4.79 Å². The van der Waals surface area contributed by atoms with E-state index in [1.807, 2.05) is 36.4 Å². The van der Waals surface area contributed by atoms with Crippen LogP contribution in [0.4, 0.5) is 0 Å². The Morgan fingerprint density at radius 2 is 1.81 bits per heavy atom. The molecule has 164 valence electrons. The molecule has 0 spiro atoms. The molecule has 1 unspecified atom stereocenters. The van der Waals surface area contributed by atoms with Crippen LogP contribution in [0.5, 0.6) is 5.75 Å². The van der Waals surface area contributed by atoms with E-state index >= 15 is 0 Å². The Balaban J connectivity index is 1.32. The Kier molecular flexibility index (Phi) is 4.03. The van der Waals surface area contributed by atoms with Crippen molar-refractivity contribution in [2.45, 2.75) is 63.8 Å². The zero-order chi connectivity index (χ0) is 21.5. The van der Waals surface area contributed by atoms with Crippen molar-refractivity contribution in [2.75, 3.05) is 6.61 Å². The number of benzene rings is 1. The number of fused-ring (bicyclic) bond motifs is 5. The molecule has 7 atom stereocenters. The Hall–Kier alpha value is -1.91. The molecule has 0 bridgehead atoms. The molecule has 4 aliphatic carbocycles. The number of ketones is 1. The van der Waals surface area contributed by atoms with E-state index < -0.39 is 11.4 Å². The van der Waals surface area contributed by atoms with Gasteiger partial charge >= 0.3 is 0 Å². The zero-order valence-corrected chi connectivity index (χ0v) is 18.5. The van der Waals surface area contributed by atoms with E-state index in [1.54, 1.807) is 6.08 Å². The topological polar surface area (TPSA) is 59.1 Å². The standard InChI is InChI=1S/C27H32O4/c1-24-13-10-19(28)16-18(24)8-9-21-22(24)11-14-25(2)23(21)12-15-26(25,29)27(17-30-27)31-20-6-4-3-5-7-20/h3-7,10,13,16,21-23,29H,8-9,11-12,14-15,17H2,1-2H3/t21-,22+,23+,24+,25+,26-,27?/m1/s1. The molecule has 0 aromatic heterocycles. The second-order valence-corrected chi connectivity index (χ2v) is 10.9. The Morgan fingerprint density at radius 1 is 1.06 bits per heavy atom. The van der Waals surface area contributed by atoms with Gasteiger partial charge in [-0.2, -0.15) is 0 Å². The van der Waals surface area contributed by atoms with E-state index in [9.17, 15) is 9.90 Å². The lowest BCUT2D eigenvalue weighted by molar-refractivity contribution is -0.207. The summed E-state index contributed by atoms with van der Waals surface area (Å²) in [7, 11) is 0. The van der Waals surface area contributed by atoms with Crippen molar-refractivity contribution in [1.29, 1.82) is 0 Å². The average molecular weight is 421 g/mol. The second-order valence-electron chi connectivity index (χ2n) is 10.9. The number of rotatable bonds is 3. The molecule has 1 aromatic rings. The van der Waals surface area contributed by atoms with Crippen LogP contribution in [0.15, 0.2) is 54.1 Å². The van der Waals surface area contributed by atoms with Gasteiger partial charge in [-0.25, -0.2) is 0 Å². The second kappa shape index (κ2) is 6.32. The monoisotopic (exact) mass is 420 g/mol. The highest BCUT2D eigenvalue weighted by molar-refractivity contribution is 6.01. The van der Waals surface area contributed by atoms with Gasteiger partial charge in [0.05, 0.1) is 0 Å². The van der Waals surface area contributed by atoms with Crippen molar-refractivity contribution >= 4 is 5.78 Å². The molecule has 1 aliphatic heterocycles. The van der Waals surface area contributed by atoms with Gasteiger partial charge in [-0.05, 0) is 80.6 Å². The molecule has 4 heteroatoms. The van der Waals surface area contributed by atoms with Gasteiger partial charge in [0, 0.05) is 10.8 Å². The number of epoxide rings is 1. The van der Waals surface area contributed by atoms with Crippen molar-refractivity contribution in [3.05, 3.63) is 54.1 Å². The fourth-order valence-electron chi connectivity index (χ4n) is 7.97. The normalized spacial score (nSPS) is 47.8. The molecule has 31 heavy (non-hydrogen) atoms. The summed E-state index contributed by atoms with van der Waals surface area (Å²) in [5.74, 6) is 1.49. The molecule has 6 rings (SSSR count). The SMILES string of the molecule is C[C@]12C=CC(=O)C=C1CC[C@@H]1[C@@H]2CC[C@@]2(C)[C@H]1CC[C@]2(O)C1(Oc2ccccc2)CO1. The van der Waals surface area contributed by atoms with E-state index in [0.29, 0.717) is 24.4 Å². The Labute approximate surface area is 184 Å². The van der Waals surface area contributed by atoms with E-state index in [2.05, 4.69) is 19.9 Å². The van der Waals surface area contributed by atoms with Crippen LogP contribution in [-0.4, -0.2) is 28.9 Å². The molecular formula is C27H32O4. The lowest BCUT2D eigenvalue weighted by Crippen LogP contribution is -2.61. The maximum Gasteiger partial charge on any atom is 0.264 e. The lowest BCUT2D eigenvalue weighted by Gasteiger charge is -2.58. The molecule has 4 fully saturated rings. The minimum atomic E-state index is -0.985. The van der Waals surface area contributed by atoms with Crippen molar-refractivity contribution in [1.82, 2.24) is 0 Å². The van der Waals surface area contributed by atoms with Crippen LogP contribution in [-0.2, 0) is 9.53 Å². The number of allylic oxidation sites excluding steroid dienone is 4. The fourth-order valence-corrected chi connectivity index (χ4v) is 7.97. The summed E-state index contributed by atoms with van der Waals surface area (Å²) in [4.78, 5) is 12.0. The number of carbonyl (C=O) groups is 1. The van der Waals surface area contributed by atoms with Crippen LogP contribution in [0, 0.1) is 28.6 Å². The van der Waals surface area contributed by atoms with Crippen LogP contribution >= 0.6 is 0 Å². The first-order valence-corrected chi connectivity index (χ1v) is 11.9. The lowest BCUT2D eigenvalue weighted by atomic mass is 9.47. The first-order chi connectivity index (χ1) is 14.8. The maximum atomic E-state index is 12.2. The fraction of sp³-hybridized carbons (Fsp3) is 0.593. The average Bonchev–Trinajstić information content (AvgIpc) is 3.49. The van der Waals surface area contributed by atoms with Crippen molar-refractivity contribution in [2.24, 2.45) is 28.6 Å². The van der Waals surface area contributed by atoms with Crippen LogP contribution < -0.4 is 4.74 Å². The van der Waals surface area contributed by atoms with Crippen molar-refractivity contribution < 1.29 is 19.4 Å². The summed E-state index contributed by atoms with van der Waals surface area (Å²) in [6.45, 7) is 5.06. The first kappa shape index (κ1) is 19.8. The predicted octanol–water partition coefficient (Wildman–Crippen LogP) is 4.83. The number of hydrogen-bond donors (Lipinski definition) is 1. The van der Waals surface area contributed by atoms with Gasteiger partial charge in [0.2, 0.25) is 0 Å². The van der Waals surface area contributed by atoms with E-state index in [-0.39, 0.29) is 16.6 Å². The molecule has 1 aromatic carbocycles. The summed E-state index contributed by atoms with van der Waals surface area (Å²) in [5.41, 5.74) is 0.0757. The van der Waals surface area contributed by atoms with Crippen molar-refractivity contribution in [3.63, 3.8) is 0 Å². The van der Waals surface area contributed by atoms with Crippen LogP contribution in [0.25, 0.3) is 0 Å². The van der Waals surface area contributed by atoms with Gasteiger partial charge in [0.25, 0.3) is 5.79 Å². The minimum Gasteiger partial charge on any atom is -0.457 e. The summed E-state index contributed by atoms with van der Waals surface area (Å²) in [6.07, 6.45) is 11.7. The van der Waals surface area contributed by atoms with E-state index in [4.69, 9.17) is 9.47 Å². The van der Waals surface area contributed by atoms with Gasteiger partial charge in [0.15, 0.2) is 5.78 Å². The highest BCUT2D eigenvalue weighted by Crippen LogP contribution is 2.70. The Bertz CT molecular complexity index is 976. The third kappa shape index (κ3) is 2.52. The molecule has 1 heterocycles. The third-order valence-corrected chi connectivity index (χ3v) is 9.77. The van der Waals surface area contributed by atoms with Crippen molar-refractivity contribution in [3.8, 4) is 5.75 Å². The quantitative estimate of drug-likeness (QED) is 0.712. The number of carbonyl (C=O) groups excluding carboxylic acids is 1. The zero-order valence-electron chi connectivity index (χ0n) is 18.5. The highest BCUT2D eigenvalue weighted by Gasteiger charge is 2.76. The molecule has 1 N–H and O–H groups in total. The maximum absolute atomic E-state index is 12.2. The highest BCUT2D eigenvalue weighted by atomic mass is 16.8. The molecule has 0 amide bonds. The summed E-state index contributed by atoms with van der Waals surface area (Å²) < 4.78 is 12.3. The number of ether oxygens (including phenoxy) is 2. The van der Waals surface area contributed by atoms with Crippen LogP contribution in [0.3, 0.4) is 0 Å². The van der Waals surface area contributed by atoms with E-state index in [1.165, 1.54) is 5.57 Å². The summed E-state index contributed by atoms with van der Waals surface area (Å²) >= 11 is 0. The third-order valence-electron chi connectivity index (χ3n) is 9.77. The first-order valence-electron chi connectivity index (χ1n) is 11.9. The van der Waals surface area contributed by atoms with Gasteiger partial charge in [-0.1, -0.05) is 43.7 Å². The predicted molar refractivity (Wildman–Crippen MR) is 117 cm³/mol. The summed E-state index contributed by atoms with van der Waals surface area (Å²) in [5, 5.41) is 12.2.